The van der Waals surface area contributed by atoms with Crippen LogP contribution < -0.4 is 24.3 Å². The van der Waals surface area contributed by atoms with Crippen molar-refractivity contribution in [1.29, 1.82) is 0 Å². The van der Waals surface area contributed by atoms with E-state index in [1.807, 2.05) is 44.4 Å². The second-order valence-corrected chi connectivity index (χ2v) is 9.48. The second-order valence-electron chi connectivity index (χ2n) is 9.48. The number of likely N-dealkylation sites (N-methyl/N-ethyl adjacent to an activating group) is 1. The van der Waals surface area contributed by atoms with Gasteiger partial charge in [-0.3, -0.25) is 9.78 Å². The Morgan fingerprint density at radius 3 is 2.46 bits per heavy atom. The zero-order valence-electron chi connectivity index (χ0n) is 20.8. The Balaban J connectivity index is 1.81. The molecule has 1 aromatic heterocycles. The van der Waals surface area contributed by atoms with Crippen LogP contribution in [0.15, 0.2) is 36.5 Å². The van der Waals surface area contributed by atoms with Crippen molar-refractivity contribution in [2.45, 2.75) is 19.4 Å². The lowest BCUT2D eigenvalue weighted by Gasteiger charge is -2.32. The molecule has 0 unspecified atom stereocenters. The quantitative estimate of drug-likeness (QED) is 0.415. The zero-order valence-corrected chi connectivity index (χ0v) is 20.8. The SMILES string of the molecule is COc1cc2cnc3cc4c5c(ccc(C(=O)NCC(C)(C)N(C)C)c5c3c2cc1OC)OCO4. The summed E-state index contributed by atoms with van der Waals surface area (Å²) in [4.78, 5) is 20.4. The summed E-state index contributed by atoms with van der Waals surface area (Å²) in [5.41, 5.74) is 1.03. The minimum Gasteiger partial charge on any atom is -0.493 e. The fraction of sp³-hybridized carbons (Fsp3) is 0.333. The molecule has 0 fully saturated rings. The lowest BCUT2D eigenvalue weighted by Crippen LogP contribution is -2.48. The largest absolute Gasteiger partial charge is 0.493 e. The van der Waals surface area contributed by atoms with Gasteiger partial charge in [0.25, 0.3) is 5.91 Å². The summed E-state index contributed by atoms with van der Waals surface area (Å²) in [6.07, 6.45) is 1.79. The van der Waals surface area contributed by atoms with Crippen LogP contribution in [0.3, 0.4) is 0 Å². The van der Waals surface area contributed by atoms with Gasteiger partial charge in [0.15, 0.2) is 11.5 Å². The smallest absolute Gasteiger partial charge is 0.252 e. The fourth-order valence-corrected chi connectivity index (χ4v) is 4.35. The summed E-state index contributed by atoms with van der Waals surface area (Å²) in [7, 11) is 7.20. The first-order chi connectivity index (χ1) is 16.7. The molecule has 35 heavy (non-hydrogen) atoms. The first kappa shape index (κ1) is 23.0. The Morgan fingerprint density at radius 1 is 1.03 bits per heavy atom. The highest BCUT2D eigenvalue weighted by Crippen LogP contribution is 2.45. The summed E-state index contributed by atoms with van der Waals surface area (Å²) < 4.78 is 22.7. The number of ether oxygens (including phenoxy) is 4. The minimum atomic E-state index is -0.214. The predicted molar refractivity (Wildman–Crippen MR) is 136 cm³/mol. The third-order valence-corrected chi connectivity index (χ3v) is 6.92. The molecule has 2 heterocycles. The number of rotatable bonds is 6. The minimum absolute atomic E-state index is 0.106. The van der Waals surface area contributed by atoms with Crippen LogP contribution in [0, 0.1) is 0 Å². The van der Waals surface area contributed by atoms with E-state index in [0.717, 1.165) is 26.9 Å². The third kappa shape index (κ3) is 3.74. The fourth-order valence-electron chi connectivity index (χ4n) is 4.35. The standard InChI is InChI=1S/C27H29N3O5/c1-27(2,30(3)4)13-29-26(31)16-7-8-19-25-22(35-14-34-19)11-18-23(24(16)25)17-10-21(33-6)20(32-5)9-15(17)12-28-18/h7-12H,13-14H2,1-6H3,(H,29,31). The highest BCUT2D eigenvalue weighted by atomic mass is 16.7. The molecule has 1 aliphatic rings. The Kier molecular flexibility index (Phi) is 5.56. The average Bonchev–Trinajstić information content (AvgIpc) is 2.86. The van der Waals surface area contributed by atoms with E-state index in [1.54, 1.807) is 20.4 Å². The summed E-state index contributed by atoms with van der Waals surface area (Å²) in [5.74, 6) is 2.35. The van der Waals surface area contributed by atoms with Crippen LogP contribution >= 0.6 is 0 Å². The number of hydrogen-bond donors (Lipinski definition) is 1. The molecular formula is C27H29N3O5. The van der Waals surface area contributed by atoms with E-state index in [0.29, 0.717) is 40.6 Å². The summed E-state index contributed by atoms with van der Waals surface area (Å²) in [6.45, 7) is 4.75. The van der Waals surface area contributed by atoms with Gasteiger partial charge in [-0.2, -0.15) is 0 Å². The van der Waals surface area contributed by atoms with Gasteiger partial charge >= 0.3 is 0 Å². The van der Waals surface area contributed by atoms with E-state index >= 15 is 0 Å². The first-order valence-corrected chi connectivity index (χ1v) is 11.4. The Labute approximate surface area is 203 Å². The van der Waals surface area contributed by atoms with Crippen LogP contribution in [0.25, 0.3) is 32.4 Å². The molecule has 0 bridgehead atoms. The van der Waals surface area contributed by atoms with Crippen LogP contribution in [0.5, 0.6) is 23.0 Å². The zero-order chi connectivity index (χ0) is 24.9. The van der Waals surface area contributed by atoms with Gasteiger partial charge in [-0.05, 0) is 57.6 Å². The van der Waals surface area contributed by atoms with Crippen LogP contribution in [-0.4, -0.2) is 63.0 Å². The number of carbonyl (C=O) groups excluding carboxylic acids is 1. The summed E-state index contributed by atoms with van der Waals surface area (Å²) >= 11 is 0. The summed E-state index contributed by atoms with van der Waals surface area (Å²) in [5, 5.41) is 7.20. The number of methoxy groups -OCH3 is 2. The molecule has 0 aliphatic carbocycles. The highest BCUT2D eigenvalue weighted by Gasteiger charge is 2.26. The lowest BCUT2D eigenvalue weighted by molar-refractivity contribution is 0.0921. The molecule has 8 heteroatoms. The molecule has 182 valence electrons. The number of hydrogen-bond acceptors (Lipinski definition) is 7. The second kappa shape index (κ2) is 8.46. The molecule has 5 rings (SSSR count). The van der Waals surface area contributed by atoms with Crippen LogP contribution in [0.1, 0.15) is 24.2 Å². The van der Waals surface area contributed by atoms with E-state index < -0.39 is 0 Å². The van der Waals surface area contributed by atoms with Crippen molar-refractivity contribution in [3.63, 3.8) is 0 Å². The van der Waals surface area contributed by atoms with Crippen molar-refractivity contribution in [3.05, 3.63) is 42.1 Å². The number of amides is 1. The van der Waals surface area contributed by atoms with Crippen LogP contribution in [0.4, 0.5) is 0 Å². The Morgan fingerprint density at radius 2 is 1.74 bits per heavy atom. The molecule has 0 saturated heterocycles. The maximum Gasteiger partial charge on any atom is 0.252 e. The molecule has 1 aliphatic heterocycles. The molecule has 1 N–H and O–H groups in total. The number of benzene rings is 3. The maximum absolute atomic E-state index is 13.6. The molecule has 0 saturated carbocycles. The van der Waals surface area contributed by atoms with Gasteiger partial charge in [-0.15, -0.1) is 0 Å². The molecular weight excluding hydrogens is 446 g/mol. The molecule has 0 radical (unpaired) electrons. The monoisotopic (exact) mass is 475 g/mol. The number of nitrogens with zero attached hydrogens (tertiary/aromatic N) is 2. The highest BCUT2D eigenvalue weighted by molar-refractivity contribution is 6.27. The van der Waals surface area contributed by atoms with Gasteiger partial charge in [0.1, 0.15) is 11.5 Å². The van der Waals surface area contributed by atoms with Crippen molar-refractivity contribution in [1.82, 2.24) is 15.2 Å². The molecule has 0 spiro atoms. The van der Waals surface area contributed by atoms with Gasteiger partial charge in [0.05, 0.1) is 25.1 Å². The topological polar surface area (TPSA) is 82.2 Å². The molecule has 3 aromatic carbocycles. The van der Waals surface area contributed by atoms with E-state index in [-0.39, 0.29) is 18.2 Å². The molecule has 1 amide bonds. The van der Waals surface area contributed by atoms with Gasteiger partial charge < -0.3 is 29.2 Å². The Hall–Kier alpha value is -3.78. The van der Waals surface area contributed by atoms with Crippen molar-refractivity contribution in [2.75, 3.05) is 41.7 Å². The van der Waals surface area contributed by atoms with Crippen molar-refractivity contribution < 1.29 is 23.7 Å². The normalized spacial score (nSPS) is 13.1. The van der Waals surface area contributed by atoms with E-state index in [9.17, 15) is 4.79 Å². The number of nitrogens with one attached hydrogen (secondary N) is 1. The number of fused-ring (bicyclic) bond motifs is 4. The summed E-state index contributed by atoms with van der Waals surface area (Å²) in [6, 6.07) is 9.35. The van der Waals surface area contributed by atoms with E-state index in [4.69, 9.17) is 23.9 Å². The van der Waals surface area contributed by atoms with Gasteiger partial charge in [0.2, 0.25) is 6.79 Å². The predicted octanol–water partition coefficient (Wildman–Crippen LogP) is 4.36. The third-order valence-electron chi connectivity index (χ3n) is 6.92. The number of aromatic nitrogens is 1. The van der Waals surface area contributed by atoms with Crippen LogP contribution in [-0.2, 0) is 0 Å². The number of pyridine rings is 1. The van der Waals surface area contributed by atoms with Crippen LogP contribution in [0.2, 0.25) is 0 Å². The van der Waals surface area contributed by atoms with E-state index in [1.165, 1.54) is 0 Å². The average molecular weight is 476 g/mol. The van der Waals surface area contributed by atoms with Crippen molar-refractivity contribution in [2.24, 2.45) is 0 Å². The van der Waals surface area contributed by atoms with Crippen molar-refractivity contribution in [3.8, 4) is 23.0 Å². The van der Waals surface area contributed by atoms with E-state index in [2.05, 4.69) is 24.1 Å². The number of carbonyl (C=O) groups is 1. The van der Waals surface area contributed by atoms with Gasteiger partial charge in [-0.25, -0.2) is 0 Å². The Bertz CT molecular complexity index is 1480. The van der Waals surface area contributed by atoms with Crippen molar-refractivity contribution >= 4 is 38.4 Å². The lowest BCUT2D eigenvalue weighted by atomic mass is 9.94. The molecule has 8 nitrogen and oxygen atoms in total. The molecule has 4 aromatic rings. The molecule has 0 atom stereocenters. The first-order valence-electron chi connectivity index (χ1n) is 11.4. The van der Waals surface area contributed by atoms with Gasteiger partial charge in [-0.1, -0.05) is 0 Å². The van der Waals surface area contributed by atoms with Gasteiger partial charge in [0, 0.05) is 46.1 Å². The maximum atomic E-state index is 13.6.